The third-order valence-electron chi connectivity index (χ3n) is 7.87. The van der Waals surface area contributed by atoms with E-state index in [1.165, 1.54) is 0 Å². The van der Waals surface area contributed by atoms with Gasteiger partial charge < -0.3 is 4.57 Å². The van der Waals surface area contributed by atoms with E-state index in [0.29, 0.717) is 5.82 Å². The number of unbranched alkanes of at least 4 members (excludes halogenated alkanes) is 1. The molecule has 41 heavy (non-hydrogen) atoms. The van der Waals surface area contributed by atoms with Gasteiger partial charge in [0.05, 0.1) is 27.8 Å². The van der Waals surface area contributed by atoms with Crippen LogP contribution in [0.1, 0.15) is 31.2 Å². The highest BCUT2D eigenvalue weighted by atomic mass is 15.5. The zero-order valence-electron chi connectivity index (χ0n) is 23.3. The van der Waals surface area contributed by atoms with Crippen LogP contribution < -0.4 is 0 Å². The summed E-state index contributed by atoms with van der Waals surface area (Å²) in [5.41, 5.74) is 10.6. The Kier molecular flexibility index (Phi) is 6.15. The zero-order chi connectivity index (χ0) is 27.9. The number of fused-ring (bicyclic) bond motifs is 2. The van der Waals surface area contributed by atoms with Gasteiger partial charge in [-0.3, -0.25) is 4.57 Å². The van der Waals surface area contributed by atoms with E-state index in [1.54, 1.807) is 0 Å². The number of imidazole rings is 2. The van der Waals surface area contributed by atoms with Gasteiger partial charge in [0.15, 0.2) is 0 Å². The summed E-state index contributed by atoms with van der Waals surface area (Å²) >= 11 is 0. The van der Waals surface area contributed by atoms with E-state index >= 15 is 0 Å². The summed E-state index contributed by atoms with van der Waals surface area (Å²) in [6.45, 7) is 4.40. The van der Waals surface area contributed by atoms with E-state index in [4.69, 9.17) is 9.97 Å². The molecule has 202 valence electrons. The molecule has 0 aliphatic heterocycles. The molecular formula is C33H30N8. The fraction of sp³-hybridized carbons (Fsp3) is 0.182. The van der Waals surface area contributed by atoms with Gasteiger partial charge in [0.1, 0.15) is 11.6 Å². The number of aromatic amines is 1. The minimum atomic E-state index is 0.578. The molecule has 0 atom stereocenters. The Morgan fingerprint density at radius 2 is 1.56 bits per heavy atom. The van der Waals surface area contributed by atoms with Crippen molar-refractivity contribution in [3.05, 3.63) is 96.3 Å². The number of para-hydroxylation sites is 2. The second-order valence-corrected chi connectivity index (χ2v) is 10.4. The molecule has 0 amide bonds. The number of aryl methyl sites for hydroxylation is 2. The van der Waals surface area contributed by atoms with Crippen molar-refractivity contribution >= 4 is 22.1 Å². The van der Waals surface area contributed by atoms with Crippen LogP contribution in [0.15, 0.2) is 84.9 Å². The van der Waals surface area contributed by atoms with Crippen LogP contribution in [0.5, 0.6) is 0 Å². The summed E-state index contributed by atoms with van der Waals surface area (Å²) in [5.74, 6) is 2.58. The lowest BCUT2D eigenvalue weighted by atomic mass is 9.94. The monoisotopic (exact) mass is 538 g/mol. The highest BCUT2D eigenvalue weighted by molar-refractivity contribution is 5.88. The molecule has 7 aromatic rings. The molecule has 3 heterocycles. The SMILES string of the molecule is CCCCc1nc2ccc(-c3nc4ccccc4n3C)cc2n1-c1cccc(-c2ccccc2-c2nn[nH]n2)c1C. The lowest BCUT2D eigenvalue weighted by Crippen LogP contribution is -2.05. The van der Waals surface area contributed by atoms with Gasteiger partial charge in [0.2, 0.25) is 5.82 Å². The van der Waals surface area contributed by atoms with Gasteiger partial charge >= 0.3 is 0 Å². The topological polar surface area (TPSA) is 90.1 Å². The van der Waals surface area contributed by atoms with E-state index in [2.05, 4.69) is 111 Å². The smallest absolute Gasteiger partial charge is 0.205 e. The molecular weight excluding hydrogens is 508 g/mol. The number of benzene rings is 4. The third kappa shape index (κ3) is 4.19. The van der Waals surface area contributed by atoms with Crippen LogP contribution in [0.3, 0.4) is 0 Å². The van der Waals surface area contributed by atoms with Crippen LogP contribution in [0.2, 0.25) is 0 Å². The van der Waals surface area contributed by atoms with E-state index in [0.717, 1.165) is 86.5 Å². The Morgan fingerprint density at radius 1 is 0.780 bits per heavy atom. The molecule has 0 aliphatic carbocycles. The molecule has 4 aromatic carbocycles. The van der Waals surface area contributed by atoms with E-state index in [9.17, 15) is 0 Å². The zero-order valence-corrected chi connectivity index (χ0v) is 23.3. The van der Waals surface area contributed by atoms with Gasteiger partial charge in [0.25, 0.3) is 0 Å². The first kappa shape index (κ1) is 24.9. The Balaban J connectivity index is 1.43. The van der Waals surface area contributed by atoms with Gasteiger partial charge in [0, 0.05) is 24.6 Å². The third-order valence-corrected chi connectivity index (χ3v) is 7.87. The first-order valence-electron chi connectivity index (χ1n) is 14.0. The van der Waals surface area contributed by atoms with Crippen molar-refractivity contribution in [2.45, 2.75) is 33.1 Å². The molecule has 3 aromatic heterocycles. The van der Waals surface area contributed by atoms with Crippen molar-refractivity contribution in [3.8, 4) is 39.6 Å². The van der Waals surface area contributed by atoms with Crippen LogP contribution in [-0.2, 0) is 13.5 Å². The molecule has 0 spiro atoms. The van der Waals surface area contributed by atoms with E-state index in [-0.39, 0.29) is 0 Å². The molecule has 0 bridgehead atoms. The Morgan fingerprint density at radius 3 is 2.37 bits per heavy atom. The lowest BCUT2D eigenvalue weighted by Gasteiger charge is -2.17. The summed E-state index contributed by atoms with van der Waals surface area (Å²) in [6.07, 6.45) is 3.07. The number of aromatic nitrogens is 8. The Hall–Kier alpha value is -5.11. The van der Waals surface area contributed by atoms with Crippen molar-refractivity contribution in [1.29, 1.82) is 0 Å². The van der Waals surface area contributed by atoms with Crippen LogP contribution in [0.25, 0.3) is 61.7 Å². The van der Waals surface area contributed by atoms with Crippen molar-refractivity contribution < 1.29 is 0 Å². The number of H-pyrrole nitrogens is 1. The van der Waals surface area contributed by atoms with Crippen LogP contribution >= 0.6 is 0 Å². The predicted octanol–water partition coefficient (Wildman–Crippen LogP) is 7.08. The molecule has 7 rings (SSSR count). The van der Waals surface area contributed by atoms with Crippen LogP contribution in [0, 0.1) is 6.92 Å². The fourth-order valence-corrected chi connectivity index (χ4v) is 5.79. The fourth-order valence-electron chi connectivity index (χ4n) is 5.79. The van der Waals surface area contributed by atoms with Crippen molar-refractivity contribution in [1.82, 2.24) is 39.7 Å². The quantitative estimate of drug-likeness (QED) is 0.234. The predicted molar refractivity (Wildman–Crippen MR) is 163 cm³/mol. The normalized spacial score (nSPS) is 11.6. The van der Waals surface area contributed by atoms with Gasteiger partial charge in [-0.2, -0.15) is 5.21 Å². The second kappa shape index (κ2) is 10.1. The first-order valence-corrected chi connectivity index (χ1v) is 14.0. The summed E-state index contributed by atoms with van der Waals surface area (Å²) < 4.78 is 4.50. The highest BCUT2D eigenvalue weighted by Gasteiger charge is 2.19. The molecule has 0 radical (unpaired) electrons. The Labute approximate surface area is 237 Å². The molecule has 0 saturated carbocycles. The van der Waals surface area contributed by atoms with E-state index in [1.807, 2.05) is 24.3 Å². The number of tetrazole rings is 1. The largest absolute Gasteiger partial charge is 0.327 e. The molecule has 8 heteroatoms. The first-order chi connectivity index (χ1) is 20.1. The summed E-state index contributed by atoms with van der Waals surface area (Å²) in [5, 5.41) is 14.9. The average molecular weight is 539 g/mol. The molecule has 0 aliphatic rings. The second-order valence-electron chi connectivity index (χ2n) is 10.4. The maximum Gasteiger partial charge on any atom is 0.205 e. The minimum Gasteiger partial charge on any atom is -0.327 e. The molecule has 8 nitrogen and oxygen atoms in total. The molecule has 1 N–H and O–H groups in total. The summed E-state index contributed by atoms with van der Waals surface area (Å²) in [7, 11) is 2.08. The molecule has 0 fully saturated rings. The van der Waals surface area contributed by atoms with Gasteiger partial charge in [-0.05, 0) is 71.6 Å². The van der Waals surface area contributed by atoms with E-state index < -0.39 is 0 Å². The van der Waals surface area contributed by atoms with Gasteiger partial charge in [-0.25, -0.2) is 9.97 Å². The van der Waals surface area contributed by atoms with Crippen molar-refractivity contribution in [3.63, 3.8) is 0 Å². The van der Waals surface area contributed by atoms with Crippen LogP contribution in [-0.4, -0.2) is 39.7 Å². The maximum absolute atomic E-state index is 5.13. The van der Waals surface area contributed by atoms with Crippen molar-refractivity contribution in [2.24, 2.45) is 7.05 Å². The van der Waals surface area contributed by atoms with Gasteiger partial charge in [-0.1, -0.05) is 61.9 Å². The number of hydrogen-bond donors (Lipinski definition) is 1. The summed E-state index contributed by atoms with van der Waals surface area (Å²) in [6, 6.07) is 29.4. The van der Waals surface area contributed by atoms with Gasteiger partial charge in [-0.15, -0.1) is 10.2 Å². The number of rotatable bonds is 7. The molecule has 0 saturated heterocycles. The lowest BCUT2D eigenvalue weighted by molar-refractivity contribution is 0.743. The summed E-state index contributed by atoms with van der Waals surface area (Å²) in [4.78, 5) is 10.1. The standard InChI is InChI=1S/C33H30N8/c1-4-5-17-31-34-27-19-18-22(33-35-26-14-8-9-15-29(26)40(33)3)20-30(27)41(31)28-16-10-13-23(21(28)2)24-11-6-7-12-25(24)32-36-38-39-37-32/h6-16,18-20H,4-5,17H2,1-3H3,(H,36,37,38,39). The minimum absolute atomic E-state index is 0.578. The number of nitrogens with zero attached hydrogens (tertiary/aromatic N) is 7. The number of nitrogens with one attached hydrogen (secondary N) is 1. The molecule has 0 unspecified atom stereocenters. The average Bonchev–Trinajstić information content (AvgIpc) is 3.74. The van der Waals surface area contributed by atoms with Crippen LogP contribution in [0.4, 0.5) is 0 Å². The highest BCUT2D eigenvalue weighted by Crippen LogP contribution is 2.36. The van der Waals surface area contributed by atoms with Crippen molar-refractivity contribution in [2.75, 3.05) is 0 Å². The number of hydrogen-bond acceptors (Lipinski definition) is 5. The maximum atomic E-state index is 5.13. The Bertz CT molecular complexity index is 2010.